The van der Waals surface area contributed by atoms with E-state index in [4.69, 9.17) is 4.74 Å². The molecule has 24 heavy (non-hydrogen) atoms. The van der Waals surface area contributed by atoms with E-state index in [0.29, 0.717) is 38.4 Å². The minimum Gasteiger partial charge on any atom is -0.379 e. The van der Waals surface area contributed by atoms with Gasteiger partial charge in [-0.2, -0.15) is 4.31 Å². The van der Waals surface area contributed by atoms with E-state index in [2.05, 4.69) is 10.3 Å². The van der Waals surface area contributed by atoms with Gasteiger partial charge in [-0.15, -0.1) is 0 Å². The Kier molecular flexibility index (Phi) is 4.98. The second-order valence-corrected chi connectivity index (χ2v) is 7.38. The summed E-state index contributed by atoms with van der Waals surface area (Å²) in [6.07, 6.45) is 3.59. The maximum absolute atomic E-state index is 12.5. The Hall–Kier alpha value is -2.16. The van der Waals surface area contributed by atoms with Crippen LogP contribution in [0.3, 0.4) is 0 Å². The first kappa shape index (κ1) is 16.7. The highest BCUT2D eigenvalue weighted by molar-refractivity contribution is 7.89. The zero-order valence-corrected chi connectivity index (χ0v) is 13.9. The number of H-pyrrole nitrogens is 1. The summed E-state index contributed by atoms with van der Waals surface area (Å²) >= 11 is 0. The second kappa shape index (κ2) is 7.16. The summed E-state index contributed by atoms with van der Waals surface area (Å²) in [6.45, 7) is 1.91. The summed E-state index contributed by atoms with van der Waals surface area (Å²) in [6, 6.07) is 7.86. The molecule has 0 saturated carbocycles. The number of benzene rings is 1. The summed E-state index contributed by atoms with van der Waals surface area (Å²) in [5.74, 6) is -0.244. The molecular weight excluding hydrogens is 330 g/mol. The summed E-state index contributed by atoms with van der Waals surface area (Å²) in [7, 11) is -3.53. The first-order valence-electron chi connectivity index (χ1n) is 7.65. The predicted octanol–water partition coefficient (Wildman–Crippen LogP) is 0.966. The molecule has 1 saturated heterocycles. The van der Waals surface area contributed by atoms with Gasteiger partial charge in [0.25, 0.3) is 5.91 Å². The van der Waals surface area contributed by atoms with Crippen LogP contribution in [0.4, 0.5) is 0 Å². The topological polar surface area (TPSA) is 91.5 Å². The molecule has 1 amide bonds. The Morgan fingerprint density at radius 3 is 2.50 bits per heavy atom. The van der Waals surface area contributed by atoms with Gasteiger partial charge in [-0.05, 0) is 35.9 Å². The third-order valence-electron chi connectivity index (χ3n) is 3.84. The van der Waals surface area contributed by atoms with Gasteiger partial charge in [0.1, 0.15) is 0 Å². The summed E-state index contributed by atoms with van der Waals surface area (Å²) < 4.78 is 31.6. The van der Waals surface area contributed by atoms with Gasteiger partial charge in [0.05, 0.1) is 18.1 Å². The Morgan fingerprint density at radius 1 is 1.17 bits per heavy atom. The highest BCUT2D eigenvalue weighted by Crippen LogP contribution is 2.17. The molecule has 1 aromatic carbocycles. The number of carbonyl (C=O) groups excluding carboxylic acids is 1. The lowest BCUT2D eigenvalue weighted by atomic mass is 10.2. The number of hydrogen-bond acceptors (Lipinski definition) is 4. The van der Waals surface area contributed by atoms with E-state index < -0.39 is 10.0 Å². The van der Waals surface area contributed by atoms with Crippen molar-refractivity contribution in [2.45, 2.75) is 11.4 Å². The minimum absolute atomic E-state index is 0.187. The molecule has 0 aliphatic carbocycles. The molecular formula is C16H19N3O4S. The molecule has 0 atom stereocenters. The quantitative estimate of drug-likeness (QED) is 0.841. The fourth-order valence-electron chi connectivity index (χ4n) is 2.47. The number of aromatic amines is 1. The van der Waals surface area contributed by atoms with E-state index in [9.17, 15) is 13.2 Å². The molecule has 2 N–H and O–H groups in total. The van der Waals surface area contributed by atoms with Crippen LogP contribution in [-0.4, -0.2) is 49.9 Å². The minimum atomic E-state index is -3.53. The van der Waals surface area contributed by atoms with Crippen LogP contribution in [0, 0.1) is 0 Å². The van der Waals surface area contributed by atoms with Crippen LogP contribution >= 0.6 is 0 Å². The average molecular weight is 349 g/mol. The van der Waals surface area contributed by atoms with Crippen LogP contribution in [0.15, 0.2) is 47.6 Å². The Labute approximate surface area is 140 Å². The molecule has 2 heterocycles. The number of morpholine rings is 1. The van der Waals surface area contributed by atoms with Crippen molar-refractivity contribution in [1.29, 1.82) is 0 Å². The maximum Gasteiger partial charge on any atom is 0.251 e. The number of nitrogens with one attached hydrogen (secondary N) is 2. The lowest BCUT2D eigenvalue weighted by Crippen LogP contribution is -2.40. The number of aromatic nitrogens is 1. The second-order valence-electron chi connectivity index (χ2n) is 5.44. The Balaban J connectivity index is 1.67. The summed E-state index contributed by atoms with van der Waals surface area (Å²) in [4.78, 5) is 15.2. The molecule has 8 heteroatoms. The largest absolute Gasteiger partial charge is 0.379 e. The van der Waals surface area contributed by atoms with Gasteiger partial charge in [0.15, 0.2) is 0 Å². The zero-order valence-electron chi connectivity index (χ0n) is 13.1. The summed E-state index contributed by atoms with van der Waals surface area (Å²) in [5.41, 5.74) is 1.39. The first-order chi connectivity index (χ1) is 11.6. The number of carbonyl (C=O) groups is 1. The lowest BCUT2D eigenvalue weighted by molar-refractivity contribution is 0.0730. The van der Waals surface area contributed by atoms with Crippen LogP contribution in [-0.2, 0) is 21.3 Å². The van der Waals surface area contributed by atoms with Crippen LogP contribution in [0.2, 0.25) is 0 Å². The number of sulfonamides is 1. The van der Waals surface area contributed by atoms with Gasteiger partial charge in [-0.1, -0.05) is 0 Å². The molecule has 0 radical (unpaired) electrons. The van der Waals surface area contributed by atoms with Crippen LogP contribution in [0.1, 0.15) is 15.9 Å². The van der Waals surface area contributed by atoms with Crippen molar-refractivity contribution < 1.29 is 17.9 Å². The van der Waals surface area contributed by atoms with E-state index in [1.165, 1.54) is 28.6 Å². The van der Waals surface area contributed by atoms with Crippen molar-refractivity contribution in [3.8, 4) is 0 Å². The van der Waals surface area contributed by atoms with E-state index in [-0.39, 0.29) is 10.8 Å². The smallest absolute Gasteiger partial charge is 0.251 e. The van der Waals surface area contributed by atoms with E-state index in [0.717, 1.165) is 5.56 Å². The fraction of sp³-hybridized carbons (Fsp3) is 0.312. The van der Waals surface area contributed by atoms with Crippen molar-refractivity contribution in [3.63, 3.8) is 0 Å². The molecule has 0 spiro atoms. The number of nitrogens with zero attached hydrogens (tertiary/aromatic N) is 1. The van der Waals surface area contributed by atoms with Crippen molar-refractivity contribution in [2.24, 2.45) is 0 Å². The number of ether oxygens (including phenoxy) is 1. The van der Waals surface area contributed by atoms with Crippen molar-refractivity contribution in [3.05, 3.63) is 53.9 Å². The molecule has 1 aromatic heterocycles. The molecule has 128 valence electrons. The number of hydrogen-bond donors (Lipinski definition) is 2. The summed E-state index contributed by atoms with van der Waals surface area (Å²) in [5, 5.41) is 2.79. The van der Waals surface area contributed by atoms with E-state index in [1.807, 2.05) is 6.07 Å². The fourth-order valence-corrected chi connectivity index (χ4v) is 3.88. The van der Waals surface area contributed by atoms with E-state index >= 15 is 0 Å². The molecule has 0 bridgehead atoms. The van der Waals surface area contributed by atoms with Gasteiger partial charge in [-0.25, -0.2) is 8.42 Å². The standard InChI is InChI=1S/C16H19N3O4S/c20-16(18-12-13-5-6-17-11-13)14-1-3-15(4-2-14)24(21,22)19-7-9-23-10-8-19/h1-6,11,17H,7-10,12H2,(H,18,20). The number of amides is 1. The maximum atomic E-state index is 12.5. The van der Waals surface area contributed by atoms with Crippen LogP contribution < -0.4 is 5.32 Å². The molecule has 1 aliphatic heterocycles. The molecule has 3 rings (SSSR count). The Morgan fingerprint density at radius 2 is 1.88 bits per heavy atom. The monoisotopic (exact) mass is 349 g/mol. The third kappa shape index (κ3) is 3.66. The van der Waals surface area contributed by atoms with Crippen LogP contribution in [0.25, 0.3) is 0 Å². The highest BCUT2D eigenvalue weighted by Gasteiger charge is 2.26. The van der Waals surface area contributed by atoms with Crippen LogP contribution in [0.5, 0.6) is 0 Å². The van der Waals surface area contributed by atoms with Gasteiger partial charge < -0.3 is 15.0 Å². The molecule has 0 unspecified atom stereocenters. The number of rotatable bonds is 5. The van der Waals surface area contributed by atoms with E-state index in [1.54, 1.807) is 12.4 Å². The van der Waals surface area contributed by atoms with Crippen molar-refractivity contribution in [2.75, 3.05) is 26.3 Å². The molecule has 7 nitrogen and oxygen atoms in total. The van der Waals surface area contributed by atoms with Crippen molar-refractivity contribution >= 4 is 15.9 Å². The van der Waals surface area contributed by atoms with Gasteiger partial charge in [-0.3, -0.25) is 4.79 Å². The van der Waals surface area contributed by atoms with Gasteiger partial charge in [0, 0.05) is 37.6 Å². The Bertz CT molecular complexity index is 779. The van der Waals surface area contributed by atoms with Gasteiger partial charge in [0.2, 0.25) is 10.0 Å². The normalized spacial score (nSPS) is 16.0. The molecule has 1 fully saturated rings. The predicted molar refractivity (Wildman–Crippen MR) is 88.0 cm³/mol. The lowest BCUT2D eigenvalue weighted by Gasteiger charge is -2.26. The SMILES string of the molecule is O=C(NCc1cc[nH]c1)c1ccc(S(=O)(=O)N2CCOCC2)cc1. The third-order valence-corrected chi connectivity index (χ3v) is 5.75. The molecule has 1 aliphatic rings. The highest BCUT2D eigenvalue weighted by atomic mass is 32.2. The van der Waals surface area contributed by atoms with Crippen molar-refractivity contribution in [1.82, 2.24) is 14.6 Å². The zero-order chi connectivity index (χ0) is 17.0. The van der Waals surface area contributed by atoms with Gasteiger partial charge >= 0.3 is 0 Å². The average Bonchev–Trinajstić information content (AvgIpc) is 3.14. The first-order valence-corrected chi connectivity index (χ1v) is 9.09. The molecule has 2 aromatic rings.